The highest BCUT2D eigenvalue weighted by atomic mass is 19.3. The number of benzene rings is 1. The lowest BCUT2D eigenvalue weighted by molar-refractivity contribution is 0.00578. The standard InChI is InChI=1S/C14H16BF3O3/c1-13(2)14(3,4)21-15(20-13)9-5-7-10(8-6-9)19-12(18)11(16)17/h5-8H,1-4H3. The van der Waals surface area contributed by atoms with Crippen LogP contribution in [0.25, 0.3) is 0 Å². The third kappa shape index (κ3) is 3.24. The molecule has 0 aromatic heterocycles. The van der Waals surface area contributed by atoms with E-state index in [0.29, 0.717) is 5.46 Å². The molecule has 7 heteroatoms. The van der Waals surface area contributed by atoms with E-state index in [0.717, 1.165) is 0 Å². The summed E-state index contributed by atoms with van der Waals surface area (Å²) in [5, 5.41) is 0. The Kier molecular flexibility index (Phi) is 4.08. The molecule has 1 saturated heterocycles. The Hall–Kier alpha value is -1.47. The van der Waals surface area contributed by atoms with E-state index >= 15 is 0 Å². The Morgan fingerprint density at radius 1 is 0.952 bits per heavy atom. The monoisotopic (exact) mass is 300 g/mol. The van der Waals surface area contributed by atoms with Crippen LogP contribution in [0.2, 0.25) is 0 Å². The van der Waals surface area contributed by atoms with Crippen molar-refractivity contribution in [3.8, 4) is 5.75 Å². The van der Waals surface area contributed by atoms with Gasteiger partial charge in [0.15, 0.2) is 0 Å². The van der Waals surface area contributed by atoms with Gasteiger partial charge in [-0.1, -0.05) is 12.1 Å². The second-order valence-corrected chi connectivity index (χ2v) is 5.79. The maximum absolute atomic E-state index is 12.7. The quantitative estimate of drug-likeness (QED) is 0.632. The van der Waals surface area contributed by atoms with Gasteiger partial charge in [0, 0.05) is 0 Å². The summed E-state index contributed by atoms with van der Waals surface area (Å²) < 4.78 is 52.6. The highest BCUT2D eigenvalue weighted by molar-refractivity contribution is 6.62. The summed E-state index contributed by atoms with van der Waals surface area (Å²) in [6.07, 6.45) is -2.50. The van der Waals surface area contributed by atoms with Crippen LogP contribution in [0.15, 0.2) is 36.4 Å². The summed E-state index contributed by atoms with van der Waals surface area (Å²) in [5.74, 6) is -0.0273. The van der Waals surface area contributed by atoms with Crippen molar-refractivity contribution in [2.45, 2.75) is 38.9 Å². The second kappa shape index (κ2) is 5.38. The molecule has 0 unspecified atom stereocenters. The third-order valence-corrected chi connectivity index (χ3v) is 3.76. The Bertz CT molecular complexity index is 535. The fraction of sp³-hybridized carbons (Fsp3) is 0.429. The fourth-order valence-corrected chi connectivity index (χ4v) is 1.81. The van der Waals surface area contributed by atoms with Crippen LogP contribution >= 0.6 is 0 Å². The lowest BCUT2D eigenvalue weighted by Crippen LogP contribution is -2.41. The highest BCUT2D eigenvalue weighted by Crippen LogP contribution is 2.36. The van der Waals surface area contributed by atoms with Gasteiger partial charge in [-0.2, -0.15) is 13.2 Å². The molecule has 1 aliphatic rings. The first kappa shape index (κ1) is 15.9. The van der Waals surface area contributed by atoms with E-state index in [1.165, 1.54) is 12.1 Å². The first-order valence-corrected chi connectivity index (χ1v) is 6.46. The zero-order valence-electron chi connectivity index (χ0n) is 12.2. The first-order chi connectivity index (χ1) is 9.62. The van der Waals surface area contributed by atoms with Crippen molar-refractivity contribution >= 4 is 12.6 Å². The van der Waals surface area contributed by atoms with Crippen molar-refractivity contribution < 1.29 is 27.2 Å². The lowest BCUT2D eigenvalue weighted by atomic mass is 9.79. The number of rotatable bonds is 3. The van der Waals surface area contributed by atoms with Gasteiger partial charge in [-0.15, -0.1) is 0 Å². The summed E-state index contributed by atoms with van der Waals surface area (Å²) in [4.78, 5) is 0. The summed E-state index contributed by atoms with van der Waals surface area (Å²) in [6, 6.07) is 4.02. The Labute approximate surface area is 121 Å². The number of halogens is 3. The molecule has 0 saturated carbocycles. The van der Waals surface area contributed by atoms with Crippen molar-refractivity contribution in [3.63, 3.8) is 0 Å². The summed E-state index contributed by atoms with van der Waals surface area (Å²) in [6.45, 7) is 7.70. The Morgan fingerprint density at radius 3 is 1.86 bits per heavy atom. The van der Waals surface area contributed by atoms with Gasteiger partial charge in [-0.25, -0.2) is 0 Å². The predicted octanol–water partition coefficient (Wildman–Crippen LogP) is 3.40. The van der Waals surface area contributed by atoms with Crippen molar-refractivity contribution in [3.05, 3.63) is 36.4 Å². The van der Waals surface area contributed by atoms with Crippen LogP contribution in [0.1, 0.15) is 27.7 Å². The average molecular weight is 300 g/mol. The average Bonchev–Trinajstić information content (AvgIpc) is 2.59. The molecule has 1 aliphatic heterocycles. The highest BCUT2D eigenvalue weighted by Gasteiger charge is 2.51. The fourth-order valence-electron chi connectivity index (χ4n) is 1.81. The Morgan fingerprint density at radius 2 is 1.43 bits per heavy atom. The molecule has 0 atom stereocenters. The maximum Gasteiger partial charge on any atom is 0.494 e. The molecule has 2 rings (SSSR count). The molecule has 0 amide bonds. The van der Waals surface area contributed by atoms with Crippen LogP contribution in [0.4, 0.5) is 13.2 Å². The van der Waals surface area contributed by atoms with Gasteiger partial charge >= 0.3 is 19.2 Å². The van der Waals surface area contributed by atoms with Crippen LogP contribution in [-0.4, -0.2) is 18.3 Å². The molecule has 1 fully saturated rings. The zero-order chi connectivity index (χ0) is 15.8. The number of ether oxygens (including phenoxy) is 1. The molecule has 1 aromatic rings. The minimum absolute atomic E-state index is 0.0273. The van der Waals surface area contributed by atoms with Gasteiger partial charge in [-0.3, -0.25) is 0 Å². The molecule has 1 heterocycles. The van der Waals surface area contributed by atoms with Crippen molar-refractivity contribution in [1.82, 2.24) is 0 Å². The molecule has 1 aromatic carbocycles. The first-order valence-electron chi connectivity index (χ1n) is 6.46. The summed E-state index contributed by atoms with van der Waals surface area (Å²) in [5.41, 5.74) is -0.246. The molecular formula is C14H16BF3O3. The molecule has 0 radical (unpaired) electrons. The molecule has 0 N–H and O–H groups in total. The molecule has 0 bridgehead atoms. The normalized spacial score (nSPS) is 19.5. The SMILES string of the molecule is CC1(C)OB(c2ccc(OC(F)=C(F)F)cc2)OC1(C)C. The minimum atomic E-state index is -2.50. The second-order valence-electron chi connectivity index (χ2n) is 5.79. The van der Waals surface area contributed by atoms with Gasteiger partial charge < -0.3 is 14.0 Å². The third-order valence-electron chi connectivity index (χ3n) is 3.76. The molecule has 21 heavy (non-hydrogen) atoms. The van der Waals surface area contributed by atoms with Crippen LogP contribution in [-0.2, 0) is 9.31 Å². The molecule has 114 valence electrons. The summed E-state index contributed by atoms with van der Waals surface area (Å²) >= 11 is 0. The van der Waals surface area contributed by atoms with Gasteiger partial charge in [0.2, 0.25) is 0 Å². The number of hydrogen-bond acceptors (Lipinski definition) is 3. The smallest absolute Gasteiger partial charge is 0.428 e. The van der Waals surface area contributed by atoms with E-state index in [-0.39, 0.29) is 5.75 Å². The van der Waals surface area contributed by atoms with E-state index in [1.54, 1.807) is 12.1 Å². The molecule has 3 nitrogen and oxygen atoms in total. The van der Waals surface area contributed by atoms with Crippen molar-refractivity contribution in [2.75, 3.05) is 0 Å². The number of hydrogen-bond donors (Lipinski definition) is 0. The zero-order valence-corrected chi connectivity index (χ0v) is 12.2. The van der Waals surface area contributed by atoms with Gasteiger partial charge in [0.05, 0.1) is 11.2 Å². The van der Waals surface area contributed by atoms with Crippen molar-refractivity contribution in [2.24, 2.45) is 0 Å². The van der Waals surface area contributed by atoms with E-state index in [2.05, 4.69) is 4.74 Å². The Balaban J connectivity index is 2.12. The van der Waals surface area contributed by atoms with E-state index in [9.17, 15) is 13.2 Å². The molecule has 0 aliphatic carbocycles. The van der Waals surface area contributed by atoms with E-state index < -0.39 is 30.4 Å². The molecule has 0 spiro atoms. The van der Waals surface area contributed by atoms with Crippen LogP contribution < -0.4 is 10.2 Å². The summed E-state index contributed by atoms with van der Waals surface area (Å²) in [7, 11) is -0.567. The molecular weight excluding hydrogens is 284 g/mol. The van der Waals surface area contributed by atoms with Gasteiger partial charge in [0.25, 0.3) is 0 Å². The van der Waals surface area contributed by atoms with Gasteiger partial charge in [-0.05, 0) is 45.3 Å². The van der Waals surface area contributed by atoms with Crippen molar-refractivity contribution in [1.29, 1.82) is 0 Å². The van der Waals surface area contributed by atoms with E-state index in [1.807, 2.05) is 27.7 Å². The predicted molar refractivity (Wildman–Crippen MR) is 73.1 cm³/mol. The van der Waals surface area contributed by atoms with Gasteiger partial charge in [0.1, 0.15) is 5.75 Å². The van der Waals surface area contributed by atoms with Crippen LogP contribution in [0, 0.1) is 0 Å². The minimum Gasteiger partial charge on any atom is -0.428 e. The van der Waals surface area contributed by atoms with Crippen LogP contribution in [0.3, 0.4) is 0 Å². The largest absolute Gasteiger partial charge is 0.494 e. The maximum atomic E-state index is 12.7. The van der Waals surface area contributed by atoms with E-state index in [4.69, 9.17) is 9.31 Å². The topological polar surface area (TPSA) is 27.7 Å². The lowest BCUT2D eigenvalue weighted by Gasteiger charge is -2.32. The van der Waals surface area contributed by atoms with Crippen LogP contribution in [0.5, 0.6) is 5.75 Å².